The number of fused-ring (bicyclic) bond motifs is 1. The molecule has 5 nitrogen and oxygen atoms in total. The summed E-state index contributed by atoms with van der Waals surface area (Å²) in [6.45, 7) is 2.41. The van der Waals surface area contributed by atoms with E-state index in [0.717, 1.165) is 11.5 Å². The fourth-order valence-corrected chi connectivity index (χ4v) is 3.92. The van der Waals surface area contributed by atoms with E-state index in [1.807, 2.05) is 0 Å². The molecule has 0 bridgehead atoms. The molecule has 3 rings (SSSR count). The van der Waals surface area contributed by atoms with E-state index in [1.165, 1.54) is 12.1 Å². The Labute approximate surface area is 167 Å². The van der Waals surface area contributed by atoms with Crippen LogP contribution in [-0.4, -0.2) is 33.4 Å². The average molecular weight is 402 g/mol. The predicted octanol–water partition coefficient (Wildman–Crippen LogP) is 3.72. The summed E-state index contributed by atoms with van der Waals surface area (Å²) in [7, 11) is 0. The van der Waals surface area contributed by atoms with Gasteiger partial charge in [0, 0.05) is 28.8 Å². The maximum atomic E-state index is 13.9. The highest BCUT2D eigenvalue weighted by molar-refractivity contribution is 5.97. The zero-order valence-electron chi connectivity index (χ0n) is 16.3. The molecule has 29 heavy (non-hydrogen) atoms. The van der Waals surface area contributed by atoms with E-state index in [2.05, 4.69) is 4.98 Å². The van der Waals surface area contributed by atoms with Gasteiger partial charge in [-0.25, -0.2) is 8.78 Å². The normalized spacial score (nSPS) is 14.1. The summed E-state index contributed by atoms with van der Waals surface area (Å²) >= 11 is 0. The van der Waals surface area contributed by atoms with Crippen LogP contribution in [0, 0.1) is 5.82 Å². The highest BCUT2D eigenvalue weighted by Crippen LogP contribution is 2.39. The second kappa shape index (κ2) is 7.48. The van der Waals surface area contributed by atoms with E-state index in [-0.39, 0.29) is 18.6 Å². The van der Waals surface area contributed by atoms with Gasteiger partial charge in [0.15, 0.2) is 0 Å². The summed E-state index contributed by atoms with van der Waals surface area (Å²) in [6, 6.07) is 10.3. The number of nitrogens with one attached hydrogen (secondary N) is 1. The summed E-state index contributed by atoms with van der Waals surface area (Å²) in [5.41, 5.74) is 4.54. The number of aromatic hydroxyl groups is 1. The molecule has 0 fully saturated rings. The average Bonchev–Trinajstić information content (AvgIpc) is 3.03. The van der Waals surface area contributed by atoms with Crippen molar-refractivity contribution in [2.45, 2.75) is 37.7 Å². The van der Waals surface area contributed by atoms with E-state index in [4.69, 9.17) is 5.73 Å². The molecule has 0 saturated carbocycles. The van der Waals surface area contributed by atoms with Gasteiger partial charge in [0.05, 0.1) is 5.60 Å². The largest absolute Gasteiger partial charge is 0.508 e. The van der Waals surface area contributed by atoms with Crippen molar-refractivity contribution in [3.63, 3.8) is 0 Å². The van der Waals surface area contributed by atoms with Gasteiger partial charge in [-0.3, -0.25) is 4.79 Å². The molecule has 2 aromatic carbocycles. The van der Waals surface area contributed by atoms with Gasteiger partial charge in [-0.1, -0.05) is 19.9 Å². The van der Waals surface area contributed by atoms with Crippen LogP contribution in [0.1, 0.15) is 41.9 Å². The fraction of sp³-hybridized carbons (Fsp3) is 0.318. The lowest BCUT2D eigenvalue weighted by Crippen LogP contribution is -2.41. The maximum absolute atomic E-state index is 13.9. The molecular formula is C22H24F2N2O3. The highest BCUT2D eigenvalue weighted by Gasteiger charge is 2.37. The number of carbonyl (C=O) groups excluding carboxylic acids is 1. The number of nitrogens with two attached hydrogens (primary N) is 1. The van der Waals surface area contributed by atoms with Crippen molar-refractivity contribution in [3.8, 4) is 5.75 Å². The number of alkyl halides is 1. The smallest absolute Gasteiger partial charge is 0.248 e. The number of aromatic nitrogens is 1. The second-order valence-electron chi connectivity index (χ2n) is 8.22. The molecular weight excluding hydrogens is 378 g/mol. The lowest BCUT2D eigenvalue weighted by molar-refractivity contribution is -0.00948. The first-order valence-electron chi connectivity index (χ1n) is 9.22. The summed E-state index contributed by atoms with van der Waals surface area (Å²) in [6.07, 6.45) is -0.0704. The van der Waals surface area contributed by atoms with Crippen LogP contribution in [0.25, 0.3) is 10.9 Å². The molecule has 0 spiro atoms. The van der Waals surface area contributed by atoms with Crippen LogP contribution < -0.4 is 5.73 Å². The molecule has 1 heterocycles. The number of hydrogen-bond acceptors (Lipinski definition) is 3. The quantitative estimate of drug-likeness (QED) is 0.485. The van der Waals surface area contributed by atoms with E-state index in [0.29, 0.717) is 22.3 Å². The number of carbonyl (C=O) groups is 1. The molecule has 154 valence electrons. The number of phenolic OH excluding ortho intramolecular Hbond substituents is 1. The summed E-state index contributed by atoms with van der Waals surface area (Å²) < 4.78 is 27.6. The van der Waals surface area contributed by atoms with E-state index < -0.39 is 29.4 Å². The Morgan fingerprint density at radius 3 is 2.55 bits per heavy atom. The molecule has 5 N–H and O–H groups in total. The first kappa shape index (κ1) is 20.8. The van der Waals surface area contributed by atoms with Crippen LogP contribution >= 0.6 is 0 Å². The Bertz CT molecular complexity index is 1060. The monoisotopic (exact) mass is 402 g/mol. The lowest BCUT2D eigenvalue weighted by Gasteiger charge is -2.35. The number of aromatic amines is 1. The van der Waals surface area contributed by atoms with Crippen LogP contribution in [0.3, 0.4) is 0 Å². The summed E-state index contributed by atoms with van der Waals surface area (Å²) in [4.78, 5) is 14.4. The number of amides is 1. The number of hydrogen-bond donors (Lipinski definition) is 4. The number of halogens is 2. The number of rotatable bonds is 7. The summed E-state index contributed by atoms with van der Waals surface area (Å²) in [5, 5.41) is 21.9. The summed E-state index contributed by atoms with van der Waals surface area (Å²) in [5.74, 6) is -1.18. The first-order valence-corrected chi connectivity index (χ1v) is 9.22. The van der Waals surface area contributed by atoms with E-state index >= 15 is 0 Å². The van der Waals surface area contributed by atoms with Gasteiger partial charge in [-0.05, 0) is 53.6 Å². The molecule has 0 aliphatic rings. The molecule has 1 unspecified atom stereocenters. The van der Waals surface area contributed by atoms with Gasteiger partial charge in [0.25, 0.3) is 0 Å². The van der Waals surface area contributed by atoms with Crippen molar-refractivity contribution in [2.24, 2.45) is 5.73 Å². The second-order valence-corrected chi connectivity index (χ2v) is 8.22. The van der Waals surface area contributed by atoms with Gasteiger partial charge in [0.2, 0.25) is 5.91 Å². The van der Waals surface area contributed by atoms with Crippen molar-refractivity contribution < 1.29 is 23.8 Å². The molecule has 1 atom stereocenters. The molecule has 1 aromatic heterocycles. The van der Waals surface area contributed by atoms with E-state index in [9.17, 15) is 23.8 Å². The minimum Gasteiger partial charge on any atom is -0.508 e. The SMILES string of the molecule is CC(C)(CC(O)(CF)Cc1cc2ccc(C(N)=O)cc2[nH]1)c1cc(F)ccc1O. The third-order valence-electron chi connectivity index (χ3n) is 5.19. The number of phenols is 1. The number of aliphatic hydroxyl groups is 1. The topological polar surface area (TPSA) is 99.3 Å². The molecule has 0 saturated heterocycles. The Hall–Kier alpha value is -2.93. The highest BCUT2D eigenvalue weighted by atomic mass is 19.1. The van der Waals surface area contributed by atoms with Crippen LogP contribution in [0.5, 0.6) is 5.75 Å². The van der Waals surface area contributed by atoms with Gasteiger partial charge in [-0.2, -0.15) is 0 Å². The van der Waals surface area contributed by atoms with Crippen molar-refractivity contribution in [2.75, 3.05) is 6.67 Å². The Morgan fingerprint density at radius 2 is 1.90 bits per heavy atom. The van der Waals surface area contributed by atoms with Gasteiger partial charge < -0.3 is 20.9 Å². The van der Waals surface area contributed by atoms with Crippen LogP contribution in [-0.2, 0) is 11.8 Å². The van der Waals surface area contributed by atoms with Crippen molar-refractivity contribution in [1.29, 1.82) is 0 Å². The third-order valence-corrected chi connectivity index (χ3v) is 5.19. The maximum Gasteiger partial charge on any atom is 0.248 e. The van der Waals surface area contributed by atoms with E-state index in [1.54, 1.807) is 38.1 Å². The van der Waals surface area contributed by atoms with Gasteiger partial charge in [0.1, 0.15) is 18.2 Å². The fourth-order valence-electron chi connectivity index (χ4n) is 3.92. The predicted molar refractivity (Wildman–Crippen MR) is 107 cm³/mol. The van der Waals surface area contributed by atoms with Gasteiger partial charge in [-0.15, -0.1) is 0 Å². The lowest BCUT2D eigenvalue weighted by atomic mass is 9.74. The molecule has 1 amide bonds. The Balaban J connectivity index is 1.88. The van der Waals surface area contributed by atoms with Crippen LogP contribution in [0.4, 0.5) is 8.78 Å². The van der Waals surface area contributed by atoms with Gasteiger partial charge >= 0.3 is 0 Å². The Morgan fingerprint density at radius 1 is 1.17 bits per heavy atom. The minimum atomic E-state index is -1.74. The number of primary amides is 1. The van der Waals surface area contributed by atoms with Crippen molar-refractivity contribution >= 4 is 16.8 Å². The molecule has 3 aromatic rings. The molecule has 0 aliphatic heterocycles. The number of benzene rings is 2. The first-order chi connectivity index (χ1) is 13.5. The third kappa shape index (κ3) is 4.40. The van der Waals surface area contributed by atoms with Crippen LogP contribution in [0.2, 0.25) is 0 Å². The molecule has 7 heteroatoms. The van der Waals surface area contributed by atoms with Crippen LogP contribution in [0.15, 0.2) is 42.5 Å². The zero-order chi connectivity index (χ0) is 21.4. The zero-order valence-corrected chi connectivity index (χ0v) is 16.3. The molecule has 0 aliphatic carbocycles. The van der Waals surface area contributed by atoms with Crippen molar-refractivity contribution in [3.05, 3.63) is 65.1 Å². The minimum absolute atomic E-state index is 0.0242. The van der Waals surface area contributed by atoms with Crippen molar-refractivity contribution in [1.82, 2.24) is 4.98 Å². The standard InChI is InChI=1S/C22H24F2N2O3/c1-21(2,17-9-15(24)5-6-19(17)27)11-22(29,12-23)10-16-7-13-3-4-14(20(25)28)8-18(13)26-16/h3-9,26-27,29H,10-12H2,1-2H3,(H2,25,28). The Kier molecular flexibility index (Phi) is 5.36. The number of H-pyrrole nitrogens is 1. The molecule has 0 radical (unpaired) electrons.